The minimum absolute atomic E-state index is 0.0368. The van der Waals surface area contributed by atoms with E-state index in [-0.39, 0.29) is 24.9 Å². The lowest BCUT2D eigenvalue weighted by Gasteiger charge is -2.34. The number of aliphatic hydroxyl groups is 1. The summed E-state index contributed by atoms with van der Waals surface area (Å²) < 4.78 is 18.4. The molecule has 2 aromatic rings. The smallest absolute Gasteiger partial charge is 0.313 e. The third kappa shape index (κ3) is 5.90. The fraction of sp³-hybridized carbons (Fsp3) is 0.517. The molecular formula is C29H38N2O5. The molecule has 1 aromatic carbocycles. The summed E-state index contributed by atoms with van der Waals surface area (Å²) in [4.78, 5) is 12.0. The van der Waals surface area contributed by atoms with Gasteiger partial charge in [0.25, 0.3) is 0 Å². The Morgan fingerprint density at radius 2 is 1.89 bits per heavy atom. The molecule has 0 amide bonds. The van der Waals surface area contributed by atoms with Crippen molar-refractivity contribution in [3.63, 3.8) is 0 Å². The van der Waals surface area contributed by atoms with Crippen LogP contribution in [-0.2, 0) is 24.6 Å². The molecule has 0 spiro atoms. The van der Waals surface area contributed by atoms with Gasteiger partial charge in [0.2, 0.25) is 0 Å². The number of hydrogen-bond acceptors (Lipinski definition) is 6. The van der Waals surface area contributed by atoms with Gasteiger partial charge in [0.15, 0.2) is 6.79 Å². The molecule has 4 rings (SSSR count). The van der Waals surface area contributed by atoms with Crippen LogP contribution in [0.15, 0.2) is 54.3 Å². The highest BCUT2D eigenvalue weighted by atomic mass is 16.7. The minimum Gasteiger partial charge on any atom is -0.497 e. The first-order chi connectivity index (χ1) is 17.1. The number of nitrogens with zero attached hydrogens (tertiary/aromatic N) is 2. The van der Waals surface area contributed by atoms with E-state index in [1.807, 2.05) is 37.6 Å². The second kappa shape index (κ2) is 10.6. The molecule has 1 atom stereocenters. The van der Waals surface area contributed by atoms with E-state index in [0.29, 0.717) is 31.4 Å². The van der Waals surface area contributed by atoms with Crippen LogP contribution in [0.4, 0.5) is 0 Å². The topological polar surface area (TPSA) is 82.8 Å². The van der Waals surface area contributed by atoms with Crippen molar-refractivity contribution in [3.05, 3.63) is 65.6 Å². The average molecular weight is 495 g/mol. The first-order valence-corrected chi connectivity index (χ1v) is 12.7. The average Bonchev–Trinajstić information content (AvgIpc) is 3.31. The molecule has 7 heteroatoms. The number of methoxy groups -OCH3 is 1. The Hall–Kier alpha value is -2.90. The fourth-order valence-electron chi connectivity index (χ4n) is 4.63. The number of hydrogen-bond donors (Lipinski definition) is 1. The van der Waals surface area contributed by atoms with E-state index in [2.05, 4.69) is 43.3 Å². The van der Waals surface area contributed by atoms with Crippen molar-refractivity contribution in [2.75, 3.05) is 13.9 Å². The number of esters is 1. The van der Waals surface area contributed by atoms with Crippen LogP contribution in [0.1, 0.15) is 70.2 Å². The first-order valence-electron chi connectivity index (χ1n) is 12.7. The molecule has 2 aliphatic carbocycles. The molecule has 0 aliphatic heterocycles. The van der Waals surface area contributed by atoms with Crippen molar-refractivity contribution in [2.45, 2.75) is 77.5 Å². The summed E-state index contributed by atoms with van der Waals surface area (Å²) in [6.07, 6.45) is 9.23. The number of rotatable bonds is 7. The van der Waals surface area contributed by atoms with Crippen molar-refractivity contribution in [1.29, 1.82) is 0 Å². The quantitative estimate of drug-likeness (QED) is 0.399. The fourth-order valence-corrected chi connectivity index (χ4v) is 4.63. The van der Waals surface area contributed by atoms with Crippen LogP contribution in [-0.4, -0.2) is 40.9 Å². The van der Waals surface area contributed by atoms with Gasteiger partial charge >= 0.3 is 5.97 Å². The van der Waals surface area contributed by atoms with Crippen LogP contribution in [0.2, 0.25) is 0 Å². The molecule has 0 bridgehead atoms. The molecule has 0 radical (unpaired) electrons. The molecule has 7 nitrogen and oxygen atoms in total. The maximum absolute atomic E-state index is 12.0. The van der Waals surface area contributed by atoms with E-state index < -0.39 is 11.0 Å². The molecule has 36 heavy (non-hydrogen) atoms. The van der Waals surface area contributed by atoms with Gasteiger partial charge in [-0.3, -0.25) is 9.48 Å². The largest absolute Gasteiger partial charge is 0.497 e. The lowest BCUT2D eigenvalue weighted by Crippen LogP contribution is -2.35. The number of aromatic nitrogens is 2. The lowest BCUT2D eigenvalue weighted by molar-refractivity contribution is -0.174. The van der Waals surface area contributed by atoms with Crippen molar-refractivity contribution >= 4 is 5.97 Å². The summed E-state index contributed by atoms with van der Waals surface area (Å²) in [7, 11) is 1.67. The SMILES string of the molecule is COC1=CCC(n2nc(C3(O)CCC(OCOC(=O)C(C)(C)C)CC3)cc2-c2ccc(C)cc2)C=C1. The van der Waals surface area contributed by atoms with Crippen LogP contribution in [0.3, 0.4) is 0 Å². The van der Waals surface area contributed by atoms with Gasteiger partial charge in [-0.1, -0.05) is 35.9 Å². The standard InChI is InChI=1S/C29H38N2O5/c1-20-6-8-21(9-7-20)25-18-26(30-31(25)22-10-12-23(34-5)13-11-22)29(33)16-14-24(15-17-29)35-19-36-27(32)28(2,3)4/h6-10,12-13,18,22,24,33H,11,14-17,19H2,1-5H3. The highest BCUT2D eigenvalue weighted by Gasteiger charge is 2.38. The summed E-state index contributed by atoms with van der Waals surface area (Å²) in [6, 6.07) is 10.5. The minimum atomic E-state index is -1.03. The third-order valence-electron chi connectivity index (χ3n) is 7.02. The summed E-state index contributed by atoms with van der Waals surface area (Å²) in [5.74, 6) is 0.564. The van der Waals surface area contributed by atoms with Crippen LogP contribution < -0.4 is 0 Å². The number of benzene rings is 1. The maximum Gasteiger partial charge on any atom is 0.313 e. The third-order valence-corrected chi connectivity index (χ3v) is 7.02. The molecule has 1 saturated carbocycles. The zero-order valence-corrected chi connectivity index (χ0v) is 22.0. The number of ether oxygens (including phenoxy) is 3. The van der Waals surface area contributed by atoms with Crippen LogP contribution in [0.5, 0.6) is 0 Å². The van der Waals surface area contributed by atoms with Crippen molar-refractivity contribution < 1.29 is 24.1 Å². The predicted octanol–water partition coefficient (Wildman–Crippen LogP) is 5.58. The van der Waals surface area contributed by atoms with Gasteiger partial charge in [0.1, 0.15) is 11.4 Å². The highest BCUT2D eigenvalue weighted by molar-refractivity contribution is 5.75. The van der Waals surface area contributed by atoms with Crippen LogP contribution in [0.25, 0.3) is 11.3 Å². The molecule has 1 aromatic heterocycles. The van der Waals surface area contributed by atoms with E-state index in [1.54, 1.807) is 7.11 Å². The Morgan fingerprint density at radius 1 is 1.19 bits per heavy atom. The number of aryl methyl sites for hydroxylation is 1. The van der Waals surface area contributed by atoms with Crippen LogP contribution >= 0.6 is 0 Å². The van der Waals surface area contributed by atoms with Gasteiger partial charge in [-0.15, -0.1) is 0 Å². The van der Waals surface area contributed by atoms with Gasteiger partial charge < -0.3 is 19.3 Å². The van der Waals surface area contributed by atoms with Gasteiger partial charge in [0.05, 0.1) is 36.1 Å². The highest BCUT2D eigenvalue weighted by Crippen LogP contribution is 2.40. The second-order valence-corrected chi connectivity index (χ2v) is 10.9. The zero-order valence-electron chi connectivity index (χ0n) is 22.0. The summed E-state index contributed by atoms with van der Waals surface area (Å²) in [6.45, 7) is 7.46. The van der Waals surface area contributed by atoms with Crippen molar-refractivity contribution in [1.82, 2.24) is 9.78 Å². The molecule has 2 aliphatic rings. The van der Waals surface area contributed by atoms with Crippen LogP contribution in [0, 0.1) is 12.3 Å². The first kappa shape index (κ1) is 26.2. The normalized spacial score (nSPS) is 24.3. The van der Waals surface area contributed by atoms with Crippen molar-refractivity contribution in [2.24, 2.45) is 5.41 Å². The van der Waals surface area contributed by atoms with E-state index in [1.165, 1.54) is 5.56 Å². The zero-order chi connectivity index (χ0) is 25.9. The van der Waals surface area contributed by atoms with Gasteiger partial charge in [0, 0.05) is 0 Å². The Morgan fingerprint density at radius 3 is 2.47 bits per heavy atom. The van der Waals surface area contributed by atoms with E-state index >= 15 is 0 Å². The summed E-state index contributed by atoms with van der Waals surface area (Å²) in [5, 5.41) is 16.6. The van der Waals surface area contributed by atoms with E-state index in [0.717, 1.165) is 23.4 Å². The molecule has 1 heterocycles. The Kier molecular flexibility index (Phi) is 7.71. The molecule has 0 saturated heterocycles. The maximum atomic E-state index is 12.0. The predicted molar refractivity (Wildman–Crippen MR) is 138 cm³/mol. The second-order valence-electron chi connectivity index (χ2n) is 10.9. The van der Waals surface area contributed by atoms with Crippen molar-refractivity contribution in [3.8, 4) is 11.3 Å². The number of allylic oxidation sites excluding steroid dienone is 3. The number of carbonyl (C=O) groups excluding carboxylic acids is 1. The Balaban J connectivity index is 1.49. The molecule has 1 unspecified atom stereocenters. The molecule has 1 N–H and O–H groups in total. The van der Waals surface area contributed by atoms with Gasteiger partial charge in [-0.2, -0.15) is 5.10 Å². The molecular weight excluding hydrogens is 456 g/mol. The Labute approximate surface area is 213 Å². The van der Waals surface area contributed by atoms with E-state index in [4.69, 9.17) is 19.3 Å². The van der Waals surface area contributed by atoms with E-state index in [9.17, 15) is 9.90 Å². The monoisotopic (exact) mass is 494 g/mol. The number of carbonyl (C=O) groups is 1. The Bertz CT molecular complexity index is 1120. The molecule has 194 valence electrons. The lowest BCUT2D eigenvalue weighted by atomic mass is 9.81. The van der Waals surface area contributed by atoms with Gasteiger partial charge in [-0.25, -0.2) is 0 Å². The molecule has 1 fully saturated rings. The summed E-state index contributed by atoms with van der Waals surface area (Å²) in [5.41, 5.74) is 2.34. The summed E-state index contributed by atoms with van der Waals surface area (Å²) >= 11 is 0. The van der Waals surface area contributed by atoms with Gasteiger partial charge in [-0.05, 0) is 83.6 Å².